The number of rotatable bonds is 7. The third kappa shape index (κ3) is 4.27. The van der Waals surface area contributed by atoms with E-state index in [-0.39, 0.29) is 0 Å². The zero-order valence-corrected chi connectivity index (χ0v) is 11.3. The van der Waals surface area contributed by atoms with Crippen LogP contribution in [0.3, 0.4) is 0 Å². The fraction of sp³-hybridized carbons (Fsp3) is 1.00. The molecule has 0 aromatic rings. The van der Waals surface area contributed by atoms with Crippen LogP contribution in [-0.2, 0) is 0 Å². The molecular weight excluding hydrogens is 216 g/mol. The Morgan fingerprint density at radius 3 is 2.88 bits per heavy atom. The molecule has 2 fully saturated rings. The molecule has 2 unspecified atom stereocenters. The van der Waals surface area contributed by atoms with Crippen molar-refractivity contribution in [1.82, 2.24) is 10.6 Å². The maximum Gasteiger partial charge on any atom is 0.00994 e. The molecule has 0 radical (unpaired) electrons. The maximum absolute atomic E-state index is 3.69. The van der Waals surface area contributed by atoms with Crippen LogP contribution in [0, 0.1) is 5.92 Å². The topological polar surface area (TPSA) is 24.1 Å². The molecule has 2 N–H and O–H groups in total. The monoisotopic (exact) mass is 242 g/mol. The van der Waals surface area contributed by atoms with Gasteiger partial charge in [-0.05, 0) is 44.7 Å². The third-order valence-corrected chi connectivity index (χ3v) is 5.11. The first-order valence-electron chi connectivity index (χ1n) is 6.96. The minimum atomic E-state index is 0.869. The Hall–Kier alpha value is 0.270. The first-order chi connectivity index (χ1) is 7.90. The fourth-order valence-electron chi connectivity index (χ4n) is 2.62. The highest BCUT2D eigenvalue weighted by atomic mass is 32.2. The summed E-state index contributed by atoms with van der Waals surface area (Å²) in [6, 6.07) is 0.869. The molecule has 1 saturated carbocycles. The van der Waals surface area contributed by atoms with Crippen LogP contribution < -0.4 is 10.6 Å². The zero-order valence-electron chi connectivity index (χ0n) is 10.5. The molecular formula is C13H26N2S. The molecule has 0 spiro atoms. The minimum Gasteiger partial charge on any atom is -0.317 e. The quantitative estimate of drug-likeness (QED) is 0.670. The normalized spacial score (nSPS) is 30.6. The van der Waals surface area contributed by atoms with Crippen LogP contribution in [0.1, 0.15) is 39.0 Å². The number of hydrogen-bond donors (Lipinski definition) is 2. The molecule has 1 aliphatic heterocycles. The van der Waals surface area contributed by atoms with Crippen molar-refractivity contribution in [3.8, 4) is 0 Å². The van der Waals surface area contributed by atoms with Gasteiger partial charge in [-0.2, -0.15) is 11.8 Å². The number of hydrogen-bond acceptors (Lipinski definition) is 3. The summed E-state index contributed by atoms with van der Waals surface area (Å²) in [5, 5.41) is 8.04. The molecule has 94 valence electrons. The molecule has 1 heterocycles. The van der Waals surface area contributed by atoms with Gasteiger partial charge in [0.15, 0.2) is 0 Å². The minimum absolute atomic E-state index is 0.869. The van der Waals surface area contributed by atoms with Crippen molar-refractivity contribution in [3.63, 3.8) is 0 Å². The molecule has 3 heteroatoms. The number of thioether (sulfide) groups is 1. The second kappa shape index (κ2) is 6.87. The highest BCUT2D eigenvalue weighted by Crippen LogP contribution is 2.34. The van der Waals surface area contributed by atoms with Crippen molar-refractivity contribution in [3.05, 3.63) is 0 Å². The average Bonchev–Trinajstić information content (AvgIpc) is 3.05. The predicted molar refractivity (Wildman–Crippen MR) is 73.2 cm³/mol. The second-order valence-corrected chi connectivity index (χ2v) is 6.57. The molecule has 2 atom stereocenters. The lowest BCUT2D eigenvalue weighted by Crippen LogP contribution is -2.30. The molecule has 2 nitrogen and oxygen atoms in total. The van der Waals surface area contributed by atoms with Gasteiger partial charge < -0.3 is 10.6 Å². The SMILES string of the molecule is CCCC1CC1NCCSC1CCNCC1. The summed E-state index contributed by atoms with van der Waals surface area (Å²) in [4.78, 5) is 0. The van der Waals surface area contributed by atoms with Crippen molar-refractivity contribution < 1.29 is 0 Å². The molecule has 1 saturated heterocycles. The van der Waals surface area contributed by atoms with Gasteiger partial charge in [-0.25, -0.2) is 0 Å². The standard InChI is InChI=1S/C13H26N2S/c1-2-3-11-10-13(11)15-8-9-16-12-4-6-14-7-5-12/h11-15H,2-10H2,1H3. The van der Waals surface area contributed by atoms with E-state index in [1.165, 1.54) is 57.5 Å². The highest BCUT2D eigenvalue weighted by Gasteiger charge is 2.34. The number of piperidine rings is 1. The van der Waals surface area contributed by atoms with E-state index in [9.17, 15) is 0 Å². The van der Waals surface area contributed by atoms with Crippen molar-refractivity contribution in [2.45, 2.75) is 50.3 Å². The van der Waals surface area contributed by atoms with E-state index in [0.29, 0.717) is 0 Å². The van der Waals surface area contributed by atoms with E-state index in [1.807, 2.05) is 0 Å². The smallest absolute Gasteiger partial charge is 0.00994 e. The lowest BCUT2D eigenvalue weighted by atomic mass is 10.2. The summed E-state index contributed by atoms with van der Waals surface area (Å²) in [5.74, 6) is 2.31. The Labute approximate surface area is 104 Å². The van der Waals surface area contributed by atoms with Crippen molar-refractivity contribution >= 4 is 11.8 Å². The lowest BCUT2D eigenvalue weighted by molar-refractivity contribution is 0.531. The van der Waals surface area contributed by atoms with Gasteiger partial charge in [0.25, 0.3) is 0 Å². The molecule has 2 rings (SSSR count). The van der Waals surface area contributed by atoms with E-state index in [0.717, 1.165) is 17.2 Å². The van der Waals surface area contributed by atoms with Crippen LogP contribution in [0.15, 0.2) is 0 Å². The van der Waals surface area contributed by atoms with Gasteiger partial charge in [0.05, 0.1) is 0 Å². The summed E-state index contributed by atoms with van der Waals surface area (Å²) in [6.07, 6.45) is 6.96. The maximum atomic E-state index is 3.69. The first kappa shape index (κ1) is 12.7. The summed E-state index contributed by atoms with van der Waals surface area (Å²) >= 11 is 2.18. The van der Waals surface area contributed by atoms with Gasteiger partial charge in [-0.15, -0.1) is 0 Å². The first-order valence-corrected chi connectivity index (χ1v) is 8.00. The van der Waals surface area contributed by atoms with Crippen LogP contribution in [0.4, 0.5) is 0 Å². The van der Waals surface area contributed by atoms with Gasteiger partial charge in [0.1, 0.15) is 0 Å². The highest BCUT2D eigenvalue weighted by molar-refractivity contribution is 7.99. The van der Waals surface area contributed by atoms with Crippen molar-refractivity contribution in [2.75, 3.05) is 25.4 Å². The Balaban J connectivity index is 1.43. The van der Waals surface area contributed by atoms with Crippen LogP contribution in [0.25, 0.3) is 0 Å². The lowest BCUT2D eigenvalue weighted by Gasteiger charge is -2.22. The summed E-state index contributed by atoms with van der Waals surface area (Å²) in [7, 11) is 0. The Morgan fingerprint density at radius 2 is 2.12 bits per heavy atom. The molecule has 0 aromatic heterocycles. The van der Waals surface area contributed by atoms with E-state index in [1.54, 1.807) is 0 Å². The van der Waals surface area contributed by atoms with Crippen LogP contribution in [0.2, 0.25) is 0 Å². The van der Waals surface area contributed by atoms with E-state index in [4.69, 9.17) is 0 Å². The molecule has 0 aromatic carbocycles. The third-order valence-electron chi connectivity index (χ3n) is 3.73. The van der Waals surface area contributed by atoms with Gasteiger partial charge in [-0.1, -0.05) is 13.3 Å². The van der Waals surface area contributed by atoms with Gasteiger partial charge >= 0.3 is 0 Å². The van der Waals surface area contributed by atoms with Crippen molar-refractivity contribution in [2.24, 2.45) is 5.92 Å². The fourth-order valence-corrected chi connectivity index (χ4v) is 3.76. The predicted octanol–water partition coefficient (Wildman–Crippen LogP) is 2.25. The zero-order chi connectivity index (χ0) is 11.2. The Morgan fingerprint density at radius 1 is 1.31 bits per heavy atom. The largest absolute Gasteiger partial charge is 0.317 e. The Kier molecular flexibility index (Phi) is 5.46. The summed E-state index contributed by atoms with van der Waals surface area (Å²) < 4.78 is 0. The van der Waals surface area contributed by atoms with Gasteiger partial charge in [-0.3, -0.25) is 0 Å². The van der Waals surface area contributed by atoms with E-state index in [2.05, 4.69) is 29.3 Å². The molecule has 0 bridgehead atoms. The summed E-state index contributed by atoms with van der Waals surface area (Å²) in [5.41, 5.74) is 0. The van der Waals surface area contributed by atoms with E-state index >= 15 is 0 Å². The van der Waals surface area contributed by atoms with E-state index < -0.39 is 0 Å². The second-order valence-electron chi connectivity index (χ2n) is 5.17. The molecule has 16 heavy (non-hydrogen) atoms. The average molecular weight is 242 g/mol. The van der Waals surface area contributed by atoms with Crippen LogP contribution >= 0.6 is 11.8 Å². The van der Waals surface area contributed by atoms with Gasteiger partial charge in [0, 0.05) is 23.6 Å². The summed E-state index contributed by atoms with van der Waals surface area (Å²) in [6.45, 7) is 5.97. The molecule has 0 amide bonds. The van der Waals surface area contributed by atoms with Gasteiger partial charge in [0.2, 0.25) is 0 Å². The molecule has 2 aliphatic rings. The number of nitrogens with one attached hydrogen (secondary N) is 2. The molecule has 1 aliphatic carbocycles. The Bertz CT molecular complexity index is 192. The van der Waals surface area contributed by atoms with Crippen LogP contribution in [0.5, 0.6) is 0 Å². The van der Waals surface area contributed by atoms with Crippen molar-refractivity contribution in [1.29, 1.82) is 0 Å². The van der Waals surface area contributed by atoms with Crippen LogP contribution in [-0.4, -0.2) is 36.7 Å².